The van der Waals surface area contributed by atoms with Gasteiger partial charge in [0.25, 0.3) is 11.8 Å². The standard InChI is InChI=1S/C22H20F2N4O2/c1-15-5-6-16(13-19(15)24)21(29)26-9-11-27(12-10-26)22(30)20-7-8-28(25-20)18-4-2-3-17(23)14-18/h2-8,13-14H,9-12H2,1H3. The molecular weight excluding hydrogens is 390 g/mol. The largest absolute Gasteiger partial charge is 0.335 e. The second-order valence-corrected chi connectivity index (χ2v) is 7.17. The quantitative estimate of drug-likeness (QED) is 0.667. The molecule has 1 aliphatic heterocycles. The molecule has 2 aromatic carbocycles. The molecule has 2 amide bonds. The maximum Gasteiger partial charge on any atom is 0.274 e. The van der Waals surface area contributed by atoms with Crippen molar-refractivity contribution in [1.82, 2.24) is 19.6 Å². The minimum Gasteiger partial charge on any atom is -0.335 e. The average Bonchev–Trinajstić information content (AvgIpc) is 3.25. The molecule has 4 rings (SSSR count). The molecule has 1 aromatic heterocycles. The molecule has 1 fully saturated rings. The molecule has 0 saturated carbocycles. The van der Waals surface area contributed by atoms with E-state index in [-0.39, 0.29) is 23.3 Å². The molecule has 0 unspecified atom stereocenters. The third-order valence-electron chi connectivity index (χ3n) is 5.15. The van der Waals surface area contributed by atoms with Crippen molar-refractivity contribution in [3.8, 4) is 5.69 Å². The first-order chi connectivity index (χ1) is 14.4. The van der Waals surface area contributed by atoms with Crippen LogP contribution in [0.15, 0.2) is 54.7 Å². The summed E-state index contributed by atoms with van der Waals surface area (Å²) in [5.41, 5.74) is 1.56. The van der Waals surface area contributed by atoms with E-state index in [4.69, 9.17) is 0 Å². The highest BCUT2D eigenvalue weighted by Gasteiger charge is 2.27. The second kappa shape index (κ2) is 8.06. The molecular formula is C22H20F2N4O2. The predicted molar refractivity (Wildman–Crippen MR) is 106 cm³/mol. The Morgan fingerprint density at radius 1 is 0.900 bits per heavy atom. The zero-order valence-electron chi connectivity index (χ0n) is 16.4. The van der Waals surface area contributed by atoms with Gasteiger partial charge in [-0.3, -0.25) is 9.59 Å². The maximum atomic E-state index is 13.8. The van der Waals surface area contributed by atoms with Crippen molar-refractivity contribution in [2.45, 2.75) is 6.92 Å². The first-order valence-corrected chi connectivity index (χ1v) is 9.59. The van der Waals surface area contributed by atoms with Crippen molar-refractivity contribution in [3.05, 3.63) is 83.2 Å². The molecule has 3 aromatic rings. The van der Waals surface area contributed by atoms with Gasteiger partial charge in [-0.25, -0.2) is 13.5 Å². The Morgan fingerprint density at radius 2 is 1.60 bits per heavy atom. The van der Waals surface area contributed by atoms with Crippen LogP contribution in [-0.4, -0.2) is 57.6 Å². The van der Waals surface area contributed by atoms with Crippen LogP contribution in [0, 0.1) is 18.6 Å². The number of rotatable bonds is 3. The van der Waals surface area contributed by atoms with Gasteiger partial charge in [-0.1, -0.05) is 12.1 Å². The van der Waals surface area contributed by atoms with Crippen molar-refractivity contribution in [2.75, 3.05) is 26.2 Å². The van der Waals surface area contributed by atoms with Crippen LogP contribution >= 0.6 is 0 Å². The molecule has 0 aliphatic carbocycles. The number of halogens is 2. The molecule has 1 aliphatic rings. The van der Waals surface area contributed by atoms with E-state index in [9.17, 15) is 18.4 Å². The van der Waals surface area contributed by atoms with Crippen molar-refractivity contribution in [3.63, 3.8) is 0 Å². The van der Waals surface area contributed by atoms with E-state index in [1.807, 2.05) is 0 Å². The van der Waals surface area contributed by atoms with Crippen LogP contribution in [0.4, 0.5) is 8.78 Å². The number of hydrogen-bond donors (Lipinski definition) is 0. The number of carbonyl (C=O) groups is 2. The number of carbonyl (C=O) groups excluding carboxylic acids is 2. The SMILES string of the molecule is Cc1ccc(C(=O)N2CCN(C(=O)c3ccn(-c4cccc(F)c4)n3)CC2)cc1F. The number of piperazine rings is 1. The van der Waals surface area contributed by atoms with Crippen molar-refractivity contribution < 1.29 is 18.4 Å². The molecule has 0 bridgehead atoms. The summed E-state index contributed by atoms with van der Waals surface area (Å²) in [6, 6.07) is 12.0. The van der Waals surface area contributed by atoms with Crippen molar-refractivity contribution in [2.24, 2.45) is 0 Å². The Morgan fingerprint density at radius 3 is 2.27 bits per heavy atom. The Kier molecular flexibility index (Phi) is 5.31. The second-order valence-electron chi connectivity index (χ2n) is 7.17. The smallest absolute Gasteiger partial charge is 0.274 e. The number of aromatic nitrogens is 2. The van der Waals surface area contributed by atoms with Gasteiger partial charge in [0.1, 0.15) is 11.6 Å². The lowest BCUT2D eigenvalue weighted by Crippen LogP contribution is -2.50. The molecule has 2 heterocycles. The lowest BCUT2D eigenvalue weighted by atomic mass is 10.1. The highest BCUT2D eigenvalue weighted by Crippen LogP contribution is 2.15. The van der Waals surface area contributed by atoms with E-state index in [1.54, 1.807) is 53.3 Å². The van der Waals surface area contributed by atoms with Crippen LogP contribution in [0.25, 0.3) is 5.69 Å². The minimum absolute atomic E-state index is 0.250. The summed E-state index contributed by atoms with van der Waals surface area (Å²) in [5.74, 6) is -1.30. The van der Waals surface area contributed by atoms with Gasteiger partial charge in [0.15, 0.2) is 5.69 Å². The first kappa shape index (κ1) is 19.8. The van der Waals surface area contributed by atoms with Crippen LogP contribution < -0.4 is 0 Å². The van der Waals surface area contributed by atoms with Gasteiger partial charge in [-0.2, -0.15) is 5.10 Å². The third kappa shape index (κ3) is 3.94. The monoisotopic (exact) mass is 410 g/mol. The van der Waals surface area contributed by atoms with Gasteiger partial charge in [0.2, 0.25) is 0 Å². The highest BCUT2D eigenvalue weighted by atomic mass is 19.1. The number of benzene rings is 2. The third-order valence-corrected chi connectivity index (χ3v) is 5.15. The fourth-order valence-corrected chi connectivity index (χ4v) is 3.38. The Hall–Kier alpha value is -3.55. The molecule has 0 atom stereocenters. The van der Waals surface area contributed by atoms with Gasteiger partial charge in [0, 0.05) is 37.9 Å². The number of aryl methyl sites for hydroxylation is 1. The van der Waals surface area contributed by atoms with Crippen LogP contribution in [0.5, 0.6) is 0 Å². The summed E-state index contributed by atoms with van der Waals surface area (Å²) in [6.07, 6.45) is 1.60. The molecule has 1 saturated heterocycles. The van der Waals surface area contributed by atoms with Crippen LogP contribution in [0.3, 0.4) is 0 Å². The van der Waals surface area contributed by atoms with Gasteiger partial charge in [-0.05, 0) is 48.9 Å². The Bertz CT molecular complexity index is 1100. The van der Waals surface area contributed by atoms with Gasteiger partial charge >= 0.3 is 0 Å². The van der Waals surface area contributed by atoms with Gasteiger partial charge in [-0.15, -0.1) is 0 Å². The van der Waals surface area contributed by atoms with Gasteiger partial charge < -0.3 is 9.80 Å². The van der Waals surface area contributed by atoms with E-state index in [0.717, 1.165) is 0 Å². The molecule has 8 heteroatoms. The molecule has 154 valence electrons. The minimum atomic E-state index is -0.413. The fourth-order valence-electron chi connectivity index (χ4n) is 3.38. The van der Waals surface area contributed by atoms with Crippen LogP contribution in [0.1, 0.15) is 26.4 Å². The summed E-state index contributed by atoms with van der Waals surface area (Å²) >= 11 is 0. The summed E-state index contributed by atoms with van der Waals surface area (Å²) in [6.45, 7) is 3.05. The Labute approximate surface area is 172 Å². The summed E-state index contributed by atoms with van der Waals surface area (Å²) in [4.78, 5) is 28.6. The molecule has 30 heavy (non-hydrogen) atoms. The van der Waals surface area contributed by atoms with E-state index >= 15 is 0 Å². The number of amides is 2. The van der Waals surface area contributed by atoms with Crippen molar-refractivity contribution in [1.29, 1.82) is 0 Å². The maximum absolute atomic E-state index is 13.8. The fraction of sp³-hybridized carbons (Fsp3) is 0.227. The topological polar surface area (TPSA) is 58.4 Å². The lowest BCUT2D eigenvalue weighted by Gasteiger charge is -2.34. The molecule has 6 nitrogen and oxygen atoms in total. The summed E-state index contributed by atoms with van der Waals surface area (Å²) < 4.78 is 28.6. The Balaban J connectivity index is 1.40. The summed E-state index contributed by atoms with van der Waals surface area (Å²) in [5, 5.41) is 4.25. The van der Waals surface area contributed by atoms with E-state index < -0.39 is 5.82 Å². The normalized spacial score (nSPS) is 14.1. The number of hydrogen-bond acceptors (Lipinski definition) is 3. The van der Waals surface area contributed by atoms with Crippen LogP contribution in [-0.2, 0) is 0 Å². The van der Waals surface area contributed by atoms with E-state index in [0.29, 0.717) is 43.0 Å². The predicted octanol–water partition coefficient (Wildman–Crippen LogP) is 3.06. The van der Waals surface area contributed by atoms with Crippen LogP contribution in [0.2, 0.25) is 0 Å². The van der Waals surface area contributed by atoms with Gasteiger partial charge in [0.05, 0.1) is 5.69 Å². The zero-order valence-corrected chi connectivity index (χ0v) is 16.4. The molecule has 0 spiro atoms. The number of nitrogens with zero attached hydrogens (tertiary/aromatic N) is 4. The lowest BCUT2D eigenvalue weighted by molar-refractivity contribution is 0.0532. The summed E-state index contributed by atoms with van der Waals surface area (Å²) in [7, 11) is 0. The van der Waals surface area contributed by atoms with E-state index in [2.05, 4.69) is 5.10 Å². The van der Waals surface area contributed by atoms with Crippen molar-refractivity contribution >= 4 is 11.8 Å². The zero-order chi connectivity index (χ0) is 21.3. The first-order valence-electron chi connectivity index (χ1n) is 9.59. The highest BCUT2D eigenvalue weighted by molar-refractivity contribution is 5.95. The molecule has 0 N–H and O–H groups in total. The average molecular weight is 410 g/mol. The van der Waals surface area contributed by atoms with E-state index in [1.165, 1.54) is 22.9 Å². The molecule has 0 radical (unpaired) electrons.